The van der Waals surface area contributed by atoms with Gasteiger partial charge in [-0.1, -0.05) is 35.8 Å². The van der Waals surface area contributed by atoms with Crippen LogP contribution in [-0.2, 0) is 0 Å². The standard InChI is InChI=1S/C15H11Cl2N5/c1-8(18-2)20-15-13-11(6-7-19-15)21-14(22-13)12-9(16)4-3-5-10(12)17/h3-7H,1-2H2,(H,19,20)(H,21,22). The number of pyridine rings is 1. The number of hydrogen-bond acceptors (Lipinski definition) is 4. The van der Waals surface area contributed by atoms with Crippen molar-refractivity contribution in [3.8, 4) is 11.4 Å². The van der Waals surface area contributed by atoms with E-state index in [0.717, 1.165) is 5.52 Å². The summed E-state index contributed by atoms with van der Waals surface area (Å²) in [6.45, 7) is 7.12. The minimum absolute atomic E-state index is 0.389. The number of aromatic amines is 1. The molecule has 0 bridgehead atoms. The van der Waals surface area contributed by atoms with Crippen LogP contribution in [0.1, 0.15) is 0 Å². The van der Waals surface area contributed by atoms with Gasteiger partial charge >= 0.3 is 0 Å². The fourth-order valence-electron chi connectivity index (χ4n) is 2.05. The van der Waals surface area contributed by atoms with Crippen LogP contribution in [0.25, 0.3) is 22.4 Å². The molecule has 0 radical (unpaired) electrons. The molecule has 7 heteroatoms. The molecule has 0 saturated carbocycles. The molecule has 2 heterocycles. The van der Waals surface area contributed by atoms with E-state index in [4.69, 9.17) is 23.2 Å². The van der Waals surface area contributed by atoms with E-state index in [1.807, 2.05) is 6.07 Å². The second kappa shape index (κ2) is 5.79. The van der Waals surface area contributed by atoms with Crippen molar-refractivity contribution in [2.75, 3.05) is 5.32 Å². The fraction of sp³-hybridized carbons (Fsp3) is 0. The number of aromatic nitrogens is 3. The number of aliphatic imine (C=N–C) groups is 1. The Labute approximate surface area is 136 Å². The summed E-state index contributed by atoms with van der Waals surface area (Å²) >= 11 is 12.5. The number of hydrogen-bond donors (Lipinski definition) is 2. The number of nitrogens with zero attached hydrogens (tertiary/aromatic N) is 3. The summed E-state index contributed by atoms with van der Waals surface area (Å²) in [5, 5.41) is 3.98. The van der Waals surface area contributed by atoms with Crippen molar-refractivity contribution >= 4 is 46.8 Å². The summed E-state index contributed by atoms with van der Waals surface area (Å²) in [4.78, 5) is 15.7. The molecule has 22 heavy (non-hydrogen) atoms. The molecule has 0 unspecified atom stereocenters. The topological polar surface area (TPSA) is 66.0 Å². The average molecular weight is 332 g/mol. The zero-order chi connectivity index (χ0) is 15.7. The molecule has 2 N–H and O–H groups in total. The third-order valence-corrected chi connectivity index (χ3v) is 3.68. The van der Waals surface area contributed by atoms with Gasteiger partial charge in [0.1, 0.15) is 17.2 Å². The van der Waals surface area contributed by atoms with Gasteiger partial charge < -0.3 is 10.3 Å². The van der Waals surface area contributed by atoms with Crippen LogP contribution in [0, 0.1) is 0 Å². The highest BCUT2D eigenvalue weighted by Crippen LogP contribution is 2.34. The summed E-state index contributed by atoms with van der Waals surface area (Å²) in [6, 6.07) is 7.12. The van der Waals surface area contributed by atoms with Crippen molar-refractivity contribution in [3.63, 3.8) is 0 Å². The second-order valence-corrected chi connectivity index (χ2v) is 5.28. The molecule has 0 atom stereocenters. The van der Waals surface area contributed by atoms with Gasteiger partial charge in [-0.3, -0.25) is 0 Å². The van der Waals surface area contributed by atoms with Crippen LogP contribution in [0.15, 0.2) is 47.9 Å². The lowest BCUT2D eigenvalue weighted by Crippen LogP contribution is -1.98. The molecule has 5 nitrogen and oxygen atoms in total. The predicted molar refractivity (Wildman–Crippen MR) is 91.7 cm³/mol. The number of imidazole rings is 1. The molecule has 0 saturated heterocycles. The molecule has 0 aliphatic rings. The Balaban J connectivity index is 2.16. The molecule has 0 aliphatic carbocycles. The minimum Gasteiger partial charge on any atom is -0.338 e. The summed E-state index contributed by atoms with van der Waals surface area (Å²) in [6.07, 6.45) is 1.65. The van der Waals surface area contributed by atoms with Gasteiger partial charge in [-0.05, 0) is 24.9 Å². The van der Waals surface area contributed by atoms with Crippen LogP contribution in [-0.4, -0.2) is 21.7 Å². The number of halogens is 2. The third kappa shape index (κ3) is 2.56. The number of benzene rings is 1. The van der Waals surface area contributed by atoms with Crippen LogP contribution < -0.4 is 5.32 Å². The molecule has 0 spiro atoms. The Morgan fingerprint density at radius 2 is 1.95 bits per heavy atom. The zero-order valence-corrected chi connectivity index (χ0v) is 12.9. The van der Waals surface area contributed by atoms with Crippen LogP contribution in [0.5, 0.6) is 0 Å². The highest BCUT2D eigenvalue weighted by atomic mass is 35.5. The summed E-state index contributed by atoms with van der Waals surface area (Å²) in [5.41, 5.74) is 2.08. The van der Waals surface area contributed by atoms with Gasteiger partial charge in [0.05, 0.1) is 21.1 Å². The average Bonchev–Trinajstić information content (AvgIpc) is 2.91. The summed E-state index contributed by atoms with van der Waals surface area (Å²) in [5.74, 6) is 1.49. The van der Waals surface area contributed by atoms with Crippen LogP contribution in [0.2, 0.25) is 10.0 Å². The Morgan fingerprint density at radius 1 is 1.23 bits per heavy atom. The molecule has 3 rings (SSSR count). The Kier molecular flexibility index (Phi) is 3.83. The van der Waals surface area contributed by atoms with Crippen LogP contribution in [0.3, 0.4) is 0 Å². The quantitative estimate of drug-likeness (QED) is 0.691. The lowest BCUT2D eigenvalue weighted by molar-refractivity contribution is 1.25. The lowest BCUT2D eigenvalue weighted by atomic mass is 10.2. The maximum Gasteiger partial charge on any atom is 0.159 e. The van der Waals surface area contributed by atoms with Crippen LogP contribution in [0.4, 0.5) is 5.82 Å². The third-order valence-electron chi connectivity index (χ3n) is 3.05. The fourth-order valence-corrected chi connectivity index (χ4v) is 2.62. The van der Waals surface area contributed by atoms with Gasteiger partial charge in [0.2, 0.25) is 0 Å². The van der Waals surface area contributed by atoms with E-state index in [1.54, 1.807) is 24.4 Å². The first-order valence-electron chi connectivity index (χ1n) is 6.32. The van der Waals surface area contributed by atoms with Crippen LogP contribution >= 0.6 is 23.2 Å². The largest absolute Gasteiger partial charge is 0.338 e. The smallest absolute Gasteiger partial charge is 0.159 e. The van der Waals surface area contributed by atoms with Gasteiger partial charge in [-0.15, -0.1) is 0 Å². The van der Waals surface area contributed by atoms with Gasteiger partial charge in [0.25, 0.3) is 0 Å². The van der Waals surface area contributed by atoms with Gasteiger partial charge in [-0.25, -0.2) is 15.0 Å². The SMILES string of the molecule is C=NC(=C)Nc1nccc2[nH]c(-c3c(Cl)cccc3Cl)nc12. The van der Waals surface area contributed by atoms with Crippen molar-refractivity contribution in [3.05, 3.63) is 52.9 Å². The van der Waals surface area contributed by atoms with E-state index < -0.39 is 0 Å². The van der Waals surface area contributed by atoms with E-state index in [0.29, 0.717) is 38.6 Å². The van der Waals surface area contributed by atoms with E-state index >= 15 is 0 Å². The van der Waals surface area contributed by atoms with Crippen molar-refractivity contribution in [2.24, 2.45) is 4.99 Å². The van der Waals surface area contributed by atoms with Gasteiger partial charge in [0, 0.05) is 6.20 Å². The molecule has 0 amide bonds. The first-order valence-corrected chi connectivity index (χ1v) is 7.07. The van der Waals surface area contributed by atoms with Gasteiger partial charge in [-0.2, -0.15) is 0 Å². The Bertz CT molecular complexity index is 865. The second-order valence-electron chi connectivity index (χ2n) is 4.47. The number of fused-ring (bicyclic) bond motifs is 1. The number of rotatable bonds is 4. The maximum atomic E-state index is 6.23. The van der Waals surface area contributed by atoms with Crippen molar-refractivity contribution < 1.29 is 0 Å². The van der Waals surface area contributed by atoms with E-state index in [9.17, 15) is 0 Å². The molecular formula is C15H11Cl2N5. The Morgan fingerprint density at radius 3 is 2.64 bits per heavy atom. The monoisotopic (exact) mass is 331 g/mol. The van der Waals surface area contributed by atoms with E-state index in [1.165, 1.54) is 0 Å². The minimum atomic E-state index is 0.389. The van der Waals surface area contributed by atoms with Crippen molar-refractivity contribution in [1.82, 2.24) is 15.0 Å². The highest BCUT2D eigenvalue weighted by molar-refractivity contribution is 6.39. The number of nitrogens with one attached hydrogen (secondary N) is 2. The van der Waals surface area contributed by atoms with Crippen molar-refractivity contribution in [1.29, 1.82) is 0 Å². The molecule has 1 aromatic carbocycles. The first-order chi connectivity index (χ1) is 10.6. The number of anilines is 1. The molecule has 0 aliphatic heterocycles. The normalized spacial score (nSPS) is 10.6. The highest BCUT2D eigenvalue weighted by Gasteiger charge is 2.15. The molecule has 2 aromatic heterocycles. The summed E-state index contributed by atoms with van der Waals surface area (Å²) in [7, 11) is 0. The number of H-pyrrole nitrogens is 1. The molecule has 3 aromatic rings. The van der Waals surface area contributed by atoms with E-state index in [-0.39, 0.29) is 0 Å². The van der Waals surface area contributed by atoms with Crippen molar-refractivity contribution in [2.45, 2.75) is 0 Å². The summed E-state index contributed by atoms with van der Waals surface area (Å²) < 4.78 is 0. The lowest BCUT2D eigenvalue weighted by Gasteiger charge is -2.03. The predicted octanol–water partition coefficient (Wildman–Crippen LogP) is 4.52. The zero-order valence-electron chi connectivity index (χ0n) is 11.4. The first kappa shape index (κ1) is 14.6. The van der Waals surface area contributed by atoms with Gasteiger partial charge in [0.15, 0.2) is 5.82 Å². The van der Waals surface area contributed by atoms with E-state index in [2.05, 4.69) is 38.6 Å². The molecular weight excluding hydrogens is 321 g/mol. The molecule has 0 fully saturated rings. The Hall–Kier alpha value is -2.37. The maximum absolute atomic E-state index is 6.23. The molecule has 110 valence electrons.